The highest BCUT2D eigenvalue weighted by molar-refractivity contribution is 6.28. The van der Waals surface area contributed by atoms with Crippen LogP contribution in [0, 0.1) is 13.8 Å². The SMILES string of the molecule is CCCCCCCCC[Si]Oc1cc(C)c(C)nc1-c1ccc(OCCCCCCCC)nn1. The molecule has 0 atom stereocenters. The molecule has 0 aliphatic rings. The van der Waals surface area contributed by atoms with E-state index in [1.54, 1.807) is 0 Å². The van der Waals surface area contributed by atoms with Crippen molar-refractivity contribution in [1.29, 1.82) is 0 Å². The third-order valence-electron chi connectivity index (χ3n) is 6.13. The highest BCUT2D eigenvalue weighted by atomic mass is 28.2. The summed E-state index contributed by atoms with van der Waals surface area (Å²) in [6.07, 6.45) is 16.7. The predicted octanol–water partition coefficient (Wildman–Crippen LogP) is 8.06. The van der Waals surface area contributed by atoms with Crippen LogP contribution >= 0.6 is 0 Å². The maximum Gasteiger partial charge on any atom is 0.310 e. The molecule has 6 heteroatoms. The molecule has 5 nitrogen and oxygen atoms in total. The minimum atomic E-state index is 0.440. The van der Waals surface area contributed by atoms with Crippen LogP contribution in [-0.2, 0) is 0 Å². The van der Waals surface area contributed by atoms with E-state index >= 15 is 0 Å². The molecule has 0 aliphatic carbocycles. The van der Waals surface area contributed by atoms with E-state index in [9.17, 15) is 0 Å². The summed E-state index contributed by atoms with van der Waals surface area (Å²) in [5, 5.41) is 8.68. The van der Waals surface area contributed by atoms with Gasteiger partial charge in [-0.25, -0.2) is 4.98 Å². The fourth-order valence-electron chi connectivity index (χ4n) is 3.81. The van der Waals surface area contributed by atoms with Gasteiger partial charge in [0.2, 0.25) is 5.88 Å². The Balaban J connectivity index is 1.82. The third kappa shape index (κ3) is 11.0. The Morgan fingerprint density at radius 1 is 0.765 bits per heavy atom. The van der Waals surface area contributed by atoms with Crippen molar-refractivity contribution in [3.8, 4) is 23.0 Å². The lowest BCUT2D eigenvalue weighted by Gasteiger charge is -2.13. The van der Waals surface area contributed by atoms with E-state index in [0.29, 0.717) is 22.2 Å². The number of hydrogen-bond donors (Lipinski definition) is 0. The maximum atomic E-state index is 6.19. The van der Waals surface area contributed by atoms with E-state index < -0.39 is 0 Å². The molecule has 2 aromatic heterocycles. The second-order valence-corrected chi connectivity index (χ2v) is 10.2. The van der Waals surface area contributed by atoms with Crippen LogP contribution in [0.25, 0.3) is 11.4 Å². The maximum absolute atomic E-state index is 6.19. The van der Waals surface area contributed by atoms with Gasteiger partial charge in [0, 0.05) is 11.8 Å². The molecule has 0 saturated carbocycles. The largest absolute Gasteiger partial charge is 0.539 e. The van der Waals surface area contributed by atoms with Crippen molar-refractivity contribution in [3.05, 3.63) is 29.5 Å². The van der Waals surface area contributed by atoms with E-state index in [0.717, 1.165) is 40.9 Å². The van der Waals surface area contributed by atoms with Crippen LogP contribution in [0.1, 0.15) is 109 Å². The van der Waals surface area contributed by atoms with E-state index in [2.05, 4.69) is 37.0 Å². The molecule has 0 aromatic carbocycles. The van der Waals surface area contributed by atoms with Gasteiger partial charge >= 0.3 is 9.76 Å². The molecular weight excluding hydrogens is 438 g/mol. The molecular formula is C28H45N3O2Si. The summed E-state index contributed by atoms with van der Waals surface area (Å²) in [6.45, 7) is 9.29. The van der Waals surface area contributed by atoms with Crippen molar-refractivity contribution in [1.82, 2.24) is 15.2 Å². The Hall–Kier alpha value is -1.95. The van der Waals surface area contributed by atoms with Crippen molar-refractivity contribution < 1.29 is 9.16 Å². The van der Waals surface area contributed by atoms with E-state index in [1.807, 2.05) is 19.1 Å². The number of ether oxygens (including phenoxy) is 1. The zero-order chi connectivity index (χ0) is 24.4. The summed E-state index contributed by atoms with van der Waals surface area (Å²) in [5.74, 6) is 1.38. The Bertz CT molecular complexity index is 799. The molecule has 34 heavy (non-hydrogen) atoms. The highest BCUT2D eigenvalue weighted by Gasteiger charge is 2.13. The van der Waals surface area contributed by atoms with Crippen molar-refractivity contribution >= 4 is 9.76 Å². The zero-order valence-corrected chi connectivity index (χ0v) is 23.0. The summed E-state index contributed by atoms with van der Waals surface area (Å²) in [6, 6.07) is 7.00. The first-order valence-corrected chi connectivity index (χ1v) is 14.6. The van der Waals surface area contributed by atoms with Crippen molar-refractivity contribution in [3.63, 3.8) is 0 Å². The summed E-state index contributed by atoms with van der Waals surface area (Å²) < 4.78 is 12.0. The van der Waals surface area contributed by atoms with Gasteiger partial charge < -0.3 is 9.16 Å². The molecule has 0 aliphatic heterocycles. The molecule has 0 saturated heterocycles. The van der Waals surface area contributed by atoms with Gasteiger partial charge in [-0.3, -0.25) is 0 Å². The first kappa shape index (κ1) is 28.3. The molecule has 2 radical (unpaired) electrons. The minimum Gasteiger partial charge on any atom is -0.539 e. The second-order valence-electron chi connectivity index (χ2n) is 9.23. The smallest absolute Gasteiger partial charge is 0.310 e. The van der Waals surface area contributed by atoms with Crippen molar-refractivity contribution in [2.24, 2.45) is 0 Å². The number of unbranched alkanes of at least 4 members (excludes halogenated alkanes) is 11. The molecule has 2 heterocycles. The van der Waals surface area contributed by atoms with E-state index in [-0.39, 0.29) is 0 Å². The number of hydrogen-bond acceptors (Lipinski definition) is 5. The summed E-state index contributed by atoms with van der Waals surface area (Å²) in [4.78, 5) is 4.78. The van der Waals surface area contributed by atoms with Gasteiger partial charge in [-0.1, -0.05) is 90.9 Å². The Kier molecular flexibility index (Phi) is 14.5. The Labute approximate surface area is 210 Å². The van der Waals surface area contributed by atoms with Crippen LogP contribution in [0.15, 0.2) is 18.2 Å². The zero-order valence-electron chi connectivity index (χ0n) is 22.0. The summed E-state index contributed by atoms with van der Waals surface area (Å²) in [5.41, 5.74) is 3.62. The van der Waals surface area contributed by atoms with Gasteiger partial charge in [0.05, 0.1) is 6.61 Å². The lowest BCUT2D eigenvalue weighted by atomic mass is 10.1. The van der Waals surface area contributed by atoms with Crippen LogP contribution in [0.4, 0.5) is 0 Å². The fourth-order valence-corrected chi connectivity index (χ4v) is 4.61. The Morgan fingerprint density at radius 3 is 2.06 bits per heavy atom. The lowest BCUT2D eigenvalue weighted by Crippen LogP contribution is -2.06. The molecule has 0 spiro atoms. The Morgan fingerprint density at radius 2 is 1.41 bits per heavy atom. The van der Waals surface area contributed by atoms with Crippen molar-refractivity contribution in [2.45, 2.75) is 117 Å². The van der Waals surface area contributed by atoms with Gasteiger partial charge in [0.1, 0.15) is 17.1 Å². The number of aromatic nitrogens is 3. The number of nitrogens with zero attached hydrogens (tertiary/aromatic N) is 3. The molecule has 2 aromatic rings. The molecule has 0 amide bonds. The first-order valence-electron chi connectivity index (χ1n) is 13.5. The van der Waals surface area contributed by atoms with Gasteiger partial charge in [-0.05, 0) is 44.0 Å². The lowest BCUT2D eigenvalue weighted by molar-refractivity contribution is 0.290. The normalized spacial score (nSPS) is 11.1. The van der Waals surface area contributed by atoms with Crippen LogP contribution in [-0.4, -0.2) is 31.6 Å². The number of pyridine rings is 1. The topological polar surface area (TPSA) is 57.1 Å². The standard InChI is InChI=1S/C28H45N3O2Si/c1-5-7-9-11-13-15-17-21-34-33-26-22-23(3)24(4)29-28(26)25-18-19-27(31-30-25)32-20-16-14-12-10-8-6-2/h18-19,22H,5-17,20-21H2,1-4H3. The van der Waals surface area contributed by atoms with E-state index in [1.165, 1.54) is 77.0 Å². The molecule has 0 unspecified atom stereocenters. The highest BCUT2D eigenvalue weighted by Crippen LogP contribution is 2.29. The van der Waals surface area contributed by atoms with Gasteiger partial charge in [0.25, 0.3) is 0 Å². The second kappa shape index (κ2) is 17.5. The van der Waals surface area contributed by atoms with Gasteiger partial charge in [-0.15, -0.1) is 10.2 Å². The third-order valence-corrected chi connectivity index (χ3v) is 7.05. The van der Waals surface area contributed by atoms with Crippen LogP contribution in [0.3, 0.4) is 0 Å². The predicted molar refractivity (Wildman–Crippen MR) is 143 cm³/mol. The molecule has 0 bridgehead atoms. The average molecular weight is 484 g/mol. The van der Waals surface area contributed by atoms with E-state index in [4.69, 9.17) is 14.1 Å². The van der Waals surface area contributed by atoms with Gasteiger partial charge in [0.15, 0.2) is 0 Å². The molecule has 2 rings (SSSR count). The summed E-state index contributed by atoms with van der Waals surface area (Å²) in [7, 11) is 0.440. The molecule has 0 N–H and O–H groups in total. The monoisotopic (exact) mass is 483 g/mol. The van der Waals surface area contributed by atoms with Crippen LogP contribution in [0.2, 0.25) is 6.04 Å². The van der Waals surface area contributed by atoms with Gasteiger partial charge in [-0.2, -0.15) is 0 Å². The van der Waals surface area contributed by atoms with Crippen LogP contribution < -0.4 is 9.16 Å². The van der Waals surface area contributed by atoms with Crippen LogP contribution in [0.5, 0.6) is 11.6 Å². The summed E-state index contributed by atoms with van der Waals surface area (Å²) >= 11 is 0. The van der Waals surface area contributed by atoms with Crippen molar-refractivity contribution in [2.75, 3.05) is 6.61 Å². The number of aryl methyl sites for hydroxylation is 2. The molecule has 0 fully saturated rings. The molecule has 188 valence electrons. The fraction of sp³-hybridized carbons (Fsp3) is 0.679. The average Bonchev–Trinajstić information content (AvgIpc) is 2.85. The quantitative estimate of drug-likeness (QED) is 0.149. The minimum absolute atomic E-state index is 0.440. The number of rotatable bonds is 19. The first-order chi connectivity index (χ1) is 16.7.